The molecule has 0 bridgehead atoms. The molecule has 1 fully saturated rings. The molecule has 0 heterocycles. The lowest BCUT2D eigenvalue weighted by Crippen LogP contribution is -2.62. The van der Waals surface area contributed by atoms with Gasteiger partial charge in [0.1, 0.15) is 5.60 Å². The molecule has 1 rings (SSSR count). The summed E-state index contributed by atoms with van der Waals surface area (Å²) in [4.78, 5) is 10.6. The van der Waals surface area contributed by atoms with Crippen LogP contribution >= 0.6 is 0 Å². The number of carboxylic acid groups (broad SMARTS) is 1. The zero-order chi connectivity index (χ0) is 14.9. The van der Waals surface area contributed by atoms with Gasteiger partial charge in [0, 0.05) is 6.08 Å². The molecule has 0 aromatic carbocycles. The van der Waals surface area contributed by atoms with Gasteiger partial charge in [0.2, 0.25) is 0 Å². The van der Waals surface area contributed by atoms with E-state index < -0.39 is 22.6 Å². The first-order valence-corrected chi connectivity index (χ1v) is 6.57. The largest absolute Gasteiger partial charge is 0.478 e. The van der Waals surface area contributed by atoms with E-state index in [1.165, 1.54) is 0 Å². The molecule has 1 aliphatic carbocycles. The fourth-order valence-corrected chi connectivity index (χ4v) is 2.88. The predicted octanol–water partition coefficient (Wildman–Crippen LogP) is 2.27. The molecule has 0 saturated heterocycles. The Hall–Kier alpha value is -1.13. The molecule has 0 aromatic heterocycles. The number of allylic oxidation sites excluding steroid dienone is 2. The number of carboxylic acids is 1. The second kappa shape index (κ2) is 5.10. The van der Waals surface area contributed by atoms with Crippen LogP contribution in [0, 0.1) is 5.41 Å². The van der Waals surface area contributed by atoms with Gasteiger partial charge in [0.25, 0.3) is 0 Å². The van der Waals surface area contributed by atoms with Crippen LogP contribution in [-0.4, -0.2) is 32.5 Å². The first kappa shape index (κ1) is 15.9. The second-order valence-corrected chi connectivity index (χ2v) is 6.34. The summed E-state index contributed by atoms with van der Waals surface area (Å²) in [5.41, 5.74) is -2.52. The van der Waals surface area contributed by atoms with Crippen molar-refractivity contribution in [1.82, 2.24) is 0 Å². The lowest BCUT2D eigenvalue weighted by Gasteiger charge is -2.53. The van der Waals surface area contributed by atoms with Crippen LogP contribution in [0.2, 0.25) is 0 Å². The predicted molar refractivity (Wildman–Crippen MR) is 73.7 cm³/mol. The maximum atomic E-state index is 10.9. The van der Waals surface area contributed by atoms with Gasteiger partial charge in [-0.25, -0.2) is 4.79 Å². The van der Waals surface area contributed by atoms with Gasteiger partial charge in [0.05, 0.1) is 5.60 Å². The molecule has 0 amide bonds. The first-order chi connectivity index (χ1) is 8.52. The van der Waals surface area contributed by atoms with E-state index in [2.05, 4.69) is 0 Å². The molecule has 3 N–H and O–H groups in total. The van der Waals surface area contributed by atoms with Crippen molar-refractivity contribution in [3.63, 3.8) is 0 Å². The van der Waals surface area contributed by atoms with E-state index in [9.17, 15) is 15.0 Å². The van der Waals surface area contributed by atoms with Gasteiger partial charge in [-0.15, -0.1) is 0 Å². The quantitative estimate of drug-likeness (QED) is 0.542. The van der Waals surface area contributed by atoms with E-state index in [0.717, 1.165) is 18.9 Å². The summed E-state index contributed by atoms with van der Waals surface area (Å²) < 4.78 is 0. The molecular formula is C15H24O4. The van der Waals surface area contributed by atoms with Crippen molar-refractivity contribution in [2.45, 2.75) is 58.2 Å². The fraction of sp³-hybridized carbons (Fsp3) is 0.667. The monoisotopic (exact) mass is 268 g/mol. The van der Waals surface area contributed by atoms with Crippen molar-refractivity contribution in [3.05, 3.63) is 23.8 Å². The van der Waals surface area contributed by atoms with Gasteiger partial charge in [-0.3, -0.25) is 0 Å². The van der Waals surface area contributed by atoms with Gasteiger partial charge >= 0.3 is 5.97 Å². The summed E-state index contributed by atoms with van der Waals surface area (Å²) in [6, 6.07) is 0. The Labute approximate surface area is 114 Å². The average Bonchev–Trinajstić information content (AvgIpc) is 2.22. The number of carbonyl (C=O) groups is 1. The zero-order valence-corrected chi connectivity index (χ0v) is 12.1. The summed E-state index contributed by atoms with van der Waals surface area (Å²) >= 11 is 0. The molecule has 108 valence electrons. The molecule has 0 unspecified atom stereocenters. The second-order valence-electron chi connectivity index (χ2n) is 6.34. The number of hydrogen-bond acceptors (Lipinski definition) is 3. The van der Waals surface area contributed by atoms with Gasteiger partial charge in [-0.1, -0.05) is 19.9 Å². The maximum Gasteiger partial charge on any atom is 0.328 e. The average molecular weight is 268 g/mol. The number of aliphatic hydroxyl groups is 2. The van der Waals surface area contributed by atoms with E-state index in [-0.39, 0.29) is 0 Å². The highest BCUT2D eigenvalue weighted by molar-refractivity contribution is 5.81. The summed E-state index contributed by atoms with van der Waals surface area (Å²) in [5.74, 6) is -1.02. The van der Waals surface area contributed by atoms with Crippen LogP contribution in [0.4, 0.5) is 0 Å². The number of aliphatic carboxylic acids is 1. The third-order valence-electron chi connectivity index (χ3n) is 4.26. The van der Waals surface area contributed by atoms with E-state index in [0.29, 0.717) is 12.0 Å². The number of hydrogen-bond donors (Lipinski definition) is 3. The van der Waals surface area contributed by atoms with E-state index >= 15 is 0 Å². The Bertz CT molecular complexity index is 400. The summed E-state index contributed by atoms with van der Waals surface area (Å²) in [5, 5.41) is 30.1. The first-order valence-electron chi connectivity index (χ1n) is 6.57. The van der Waals surface area contributed by atoms with Crippen LogP contribution in [0.25, 0.3) is 0 Å². The van der Waals surface area contributed by atoms with Gasteiger partial charge in [-0.2, -0.15) is 0 Å². The molecule has 1 saturated carbocycles. The third-order valence-corrected chi connectivity index (χ3v) is 4.26. The van der Waals surface area contributed by atoms with Crippen LogP contribution in [0.3, 0.4) is 0 Å². The molecule has 0 aliphatic heterocycles. The Morgan fingerprint density at radius 1 is 1.16 bits per heavy atom. The van der Waals surface area contributed by atoms with Crippen LogP contribution in [0.5, 0.6) is 0 Å². The van der Waals surface area contributed by atoms with Crippen molar-refractivity contribution >= 4 is 5.97 Å². The Morgan fingerprint density at radius 2 is 1.74 bits per heavy atom. The Morgan fingerprint density at radius 3 is 2.21 bits per heavy atom. The van der Waals surface area contributed by atoms with Gasteiger partial charge in [-0.05, 0) is 50.2 Å². The van der Waals surface area contributed by atoms with E-state index in [4.69, 9.17) is 5.11 Å². The normalized spacial score (nSPS) is 35.6. The van der Waals surface area contributed by atoms with E-state index in [1.807, 2.05) is 13.8 Å². The van der Waals surface area contributed by atoms with Crippen LogP contribution in [-0.2, 0) is 4.79 Å². The van der Waals surface area contributed by atoms with Gasteiger partial charge in [0.15, 0.2) is 0 Å². The van der Waals surface area contributed by atoms with Crippen LogP contribution in [0.15, 0.2) is 23.8 Å². The number of rotatable bonds is 3. The van der Waals surface area contributed by atoms with Gasteiger partial charge < -0.3 is 15.3 Å². The minimum Gasteiger partial charge on any atom is -0.478 e. The molecular weight excluding hydrogens is 244 g/mol. The summed E-state index contributed by atoms with van der Waals surface area (Å²) in [6.07, 6.45) is 6.38. The molecule has 0 aromatic rings. The van der Waals surface area contributed by atoms with Crippen molar-refractivity contribution in [1.29, 1.82) is 0 Å². The lowest BCUT2D eigenvalue weighted by atomic mass is 9.58. The molecule has 4 nitrogen and oxygen atoms in total. The highest BCUT2D eigenvalue weighted by Gasteiger charge is 2.56. The standard InChI is InChI=1S/C15H24O4/c1-11(10-12(16)17)6-9-15(19)13(2,3)7-5-8-14(15,4)18/h6,9-10,18-19H,5,7-8H2,1-4H3,(H,16,17)/b9-6+,11-10+/t14-,15+/m0/s1. The van der Waals surface area contributed by atoms with Crippen LogP contribution in [0.1, 0.15) is 47.0 Å². The summed E-state index contributed by atoms with van der Waals surface area (Å²) in [6.45, 7) is 7.12. The van der Waals surface area contributed by atoms with Crippen molar-refractivity contribution in [2.24, 2.45) is 5.41 Å². The zero-order valence-electron chi connectivity index (χ0n) is 12.1. The third kappa shape index (κ3) is 3.07. The molecule has 19 heavy (non-hydrogen) atoms. The lowest BCUT2D eigenvalue weighted by molar-refractivity contribution is -0.194. The van der Waals surface area contributed by atoms with Crippen LogP contribution < -0.4 is 0 Å². The maximum absolute atomic E-state index is 10.9. The Kier molecular flexibility index (Phi) is 4.27. The smallest absolute Gasteiger partial charge is 0.328 e. The van der Waals surface area contributed by atoms with E-state index in [1.54, 1.807) is 26.0 Å². The Balaban J connectivity index is 3.11. The van der Waals surface area contributed by atoms with Crippen molar-refractivity contribution in [2.75, 3.05) is 0 Å². The minimum atomic E-state index is -1.37. The SMILES string of the molecule is CC(/C=C/[C@@]1(O)C(C)(C)CCC[C@]1(C)O)=C\C(=O)O. The molecule has 2 atom stereocenters. The van der Waals surface area contributed by atoms with Crippen molar-refractivity contribution in [3.8, 4) is 0 Å². The minimum absolute atomic E-state index is 0.464. The highest BCUT2D eigenvalue weighted by Crippen LogP contribution is 2.50. The van der Waals surface area contributed by atoms with Crippen molar-refractivity contribution < 1.29 is 20.1 Å². The highest BCUT2D eigenvalue weighted by atomic mass is 16.4. The molecule has 4 heteroatoms. The molecule has 0 radical (unpaired) electrons. The molecule has 0 spiro atoms. The summed E-state index contributed by atoms with van der Waals surface area (Å²) in [7, 11) is 0. The molecule has 1 aliphatic rings. The fourth-order valence-electron chi connectivity index (χ4n) is 2.88. The topological polar surface area (TPSA) is 77.8 Å².